The van der Waals surface area contributed by atoms with Crippen molar-refractivity contribution < 1.29 is 4.39 Å². The summed E-state index contributed by atoms with van der Waals surface area (Å²) in [6.07, 6.45) is 0. The van der Waals surface area contributed by atoms with Crippen molar-refractivity contribution in [3.8, 4) is 55.6 Å². The highest BCUT2D eigenvalue weighted by atomic mass is 19.1. The van der Waals surface area contributed by atoms with Crippen LogP contribution in [0.25, 0.3) is 120 Å². The number of halogens is 1. The van der Waals surface area contributed by atoms with Gasteiger partial charge in [-0.2, -0.15) is 0 Å². The molecule has 0 saturated carbocycles. The maximum absolute atomic E-state index is 12.7. The summed E-state index contributed by atoms with van der Waals surface area (Å²) < 4.78 is 12.7. The molecule has 0 fully saturated rings. The third kappa shape index (κ3) is 18.9. The van der Waals surface area contributed by atoms with Crippen LogP contribution in [0.15, 0.2) is 400 Å². The third-order valence-corrected chi connectivity index (χ3v) is 18.7. The van der Waals surface area contributed by atoms with Crippen LogP contribution in [-0.4, -0.2) is 0 Å². The summed E-state index contributed by atoms with van der Waals surface area (Å²) in [5, 5.41) is 15.9. The topological polar surface area (TPSA) is 0 Å². The maximum atomic E-state index is 12.7. The molecule has 0 aliphatic heterocycles. The molecule has 0 bridgehead atoms. The van der Waals surface area contributed by atoms with Gasteiger partial charge < -0.3 is 0 Å². The molecule has 0 aliphatic rings. The second-order valence-corrected chi connectivity index (χ2v) is 26.6. The van der Waals surface area contributed by atoms with E-state index in [9.17, 15) is 4.39 Å². The summed E-state index contributed by atoms with van der Waals surface area (Å²) in [5.41, 5.74) is 21.7. The molecule has 18 aromatic rings. The van der Waals surface area contributed by atoms with Crippen LogP contribution in [0.5, 0.6) is 0 Å². The third-order valence-electron chi connectivity index (χ3n) is 18.7. The van der Waals surface area contributed by atoms with Gasteiger partial charge in [-0.25, -0.2) is 4.39 Å². The molecule has 18 rings (SSSR count). The minimum atomic E-state index is -0.194. The van der Waals surface area contributed by atoms with Crippen molar-refractivity contribution in [1.82, 2.24) is 0 Å². The monoisotopic (exact) mass is 1340 g/mol. The molecule has 0 aliphatic carbocycles. The number of rotatable bonds is 5. The summed E-state index contributed by atoms with van der Waals surface area (Å²) in [5.74, 6) is -0.194. The van der Waals surface area contributed by atoms with Crippen LogP contribution >= 0.6 is 0 Å². The van der Waals surface area contributed by atoms with Crippen molar-refractivity contribution in [2.24, 2.45) is 0 Å². The van der Waals surface area contributed by atoms with Gasteiger partial charge in [-0.1, -0.05) is 404 Å². The summed E-state index contributed by atoms with van der Waals surface area (Å²) in [7, 11) is 0. The van der Waals surface area contributed by atoms with Crippen molar-refractivity contribution in [3.05, 3.63) is 445 Å². The molecule has 0 N–H and O–H groups in total. The van der Waals surface area contributed by atoms with Crippen LogP contribution in [0.3, 0.4) is 0 Å². The lowest BCUT2D eigenvalue weighted by molar-refractivity contribution is 0.628. The lowest BCUT2D eigenvalue weighted by atomic mass is 9.92. The molecule has 0 saturated heterocycles. The zero-order valence-electron chi connectivity index (χ0n) is 60.5. The highest BCUT2D eigenvalue weighted by Gasteiger charge is 2.09. The first-order valence-electron chi connectivity index (χ1n) is 35.8. The van der Waals surface area contributed by atoms with E-state index < -0.39 is 0 Å². The van der Waals surface area contributed by atoms with Crippen molar-refractivity contribution in [2.45, 2.75) is 48.5 Å². The lowest BCUT2D eigenvalue weighted by Crippen LogP contribution is -1.86. The number of hydrogen-bond acceptors (Lipinski definition) is 0. The van der Waals surface area contributed by atoms with Gasteiger partial charge in [0, 0.05) is 0 Å². The molecule has 104 heavy (non-hydrogen) atoms. The van der Waals surface area contributed by atoms with Crippen molar-refractivity contribution in [2.75, 3.05) is 0 Å². The Bertz CT molecular complexity index is 5720. The summed E-state index contributed by atoms with van der Waals surface area (Å²) in [6, 6.07) is 139. The maximum Gasteiger partial charge on any atom is 0.123 e. The van der Waals surface area contributed by atoms with Crippen LogP contribution in [0.2, 0.25) is 0 Å². The molecule has 0 atom stereocenters. The molecule has 0 aromatic heterocycles. The van der Waals surface area contributed by atoms with Crippen molar-refractivity contribution in [3.63, 3.8) is 0 Å². The Hall–Kier alpha value is -12.6. The minimum absolute atomic E-state index is 0.194. The highest BCUT2D eigenvalue weighted by molar-refractivity contribution is 6.08. The Balaban J connectivity index is 0.000000115. The number of aryl methyl sites for hydroxylation is 7. The average Bonchev–Trinajstić information content (AvgIpc) is 0.785. The SMILES string of the molecule is Cc1ccc(-c2ccc(F)cc2)cc1.Cc1ccc(-c2cccc3ccccc23)c2ccccc12.Cc1ccc(-c2ccccc2)cc1.Cc1ccc2c(ccc3ccccc32)c1.Cc1ccc2cc3ccccc3cc2c1.Cc1cccc(-c2ccccc2)c1.Cc1ccccc1-c1ccccc1. The molecular formula is C103H87F. The van der Waals surface area contributed by atoms with E-state index in [1.165, 1.54) is 160 Å². The van der Waals surface area contributed by atoms with E-state index in [1.807, 2.05) is 30.3 Å². The molecule has 0 radical (unpaired) electrons. The average molecular weight is 1340 g/mol. The van der Waals surface area contributed by atoms with Gasteiger partial charge in [-0.05, 0) is 204 Å². The Morgan fingerprint density at radius 2 is 0.510 bits per heavy atom. The zero-order chi connectivity index (χ0) is 72.0. The highest BCUT2D eigenvalue weighted by Crippen LogP contribution is 2.36. The summed E-state index contributed by atoms with van der Waals surface area (Å²) in [6.45, 7) is 14.9. The largest absolute Gasteiger partial charge is 0.207 e. The van der Waals surface area contributed by atoms with E-state index in [0.29, 0.717) is 0 Å². The predicted octanol–water partition coefficient (Wildman–Crippen LogP) is 29.4. The van der Waals surface area contributed by atoms with Gasteiger partial charge in [0.15, 0.2) is 0 Å². The first-order valence-corrected chi connectivity index (χ1v) is 35.8. The smallest absolute Gasteiger partial charge is 0.123 e. The van der Waals surface area contributed by atoms with Crippen molar-refractivity contribution in [1.29, 1.82) is 0 Å². The van der Waals surface area contributed by atoms with Crippen LogP contribution < -0.4 is 0 Å². The molecule has 0 nitrogen and oxygen atoms in total. The predicted molar refractivity (Wildman–Crippen MR) is 450 cm³/mol. The van der Waals surface area contributed by atoms with Crippen LogP contribution in [0.1, 0.15) is 38.9 Å². The number of hydrogen-bond donors (Lipinski definition) is 0. The molecule has 506 valence electrons. The van der Waals surface area contributed by atoms with Gasteiger partial charge in [0.05, 0.1) is 0 Å². The normalized spacial score (nSPS) is 10.5. The lowest BCUT2D eigenvalue weighted by Gasteiger charge is -2.11. The summed E-state index contributed by atoms with van der Waals surface area (Å²) in [4.78, 5) is 0. The van der Waals surface area contributed by atoms with Crippen LogP contribution in [0, 0.1) is 54.3 Å². The first kappa shape index (κ1) is 71.3. The van der Waals surface area contributed by atoms with E-state index >= 15 is 0 Å². The fraction of sp³-hybridized carbons (Fsp3) is 0.0680. The molecule has 0 amide bonds. The molecule has 0 heterocycles. The van der Waals surface area contributed by atoms with E-state index in [2.05, 4.69) is 394 Å². The zero-order valence-corrected chi connectivity index (χ0v) is 60.5. The Kier molecular flexibility index (Phi) is 24.1. The number of fused-ring (bicyclic) bond motifs is 7. The molecule has 1 heteroatoms. The molecule has 0 spiro atoms. The van der Waals surface area contributed by atoms with Gasteiger partial charge in [0.25, 0.3) is 0 Å². The van der Waals surface area contributed by atoms with Crippen LogP contribution in [-0.2, 0) is 0 Å². The summed E-state index contributed by atoms with van der Waals surface area (Å²) >= 11 is 0. The Morgan fingerprint density at radius 3 is 1.11 bits per heavy atom. The van der Waals surface area contributed by atoms with Gasteiger partial charge in [-0.15, -0.1) is 0 Å². The molecular weight excluding hydrogens is 1260 g/mol. The standard InChI is InChI=1S/C21H16.2C15H12.C13H11F.3C13H12/c1-15-13-14-21(19-11-5-4-9-17(15)19)20-12-6-8-16-7-2-3-10-18(16)20;1-11-6-9-15-13(10-11)8-7-12-4-2-3-5-14(12)15;1-11-6-7-14-9-12-4-2-3-5-13(12)10-15(14)8-11;1-10-2-4-11(5-3-10)12-6-8-13(14)9-7-12;1-11-7-5-6-10-13(11)12-8-3-2-4-9-12;1-11-6-5-9-13(10-11)12-7-3-2-4-8-12;1-11-7-9-13(10-8-11)12-5-3-2-4-6-12/h2-14H,1H3;2*2-10H,1H3;2-9H,1H3;3*2-10H,1H3. The van der Waals surface area contributed by atoms with E-state index in [1.54, 1.807) is 12.1 Å². The minimum Gasteiger partial charge on any atom is -0.207 e. The van der Waals surface area contributed by atoms with Gasteiger partial charge in [-0.3, -0.25) is 0 Å². The van der Waals surface area contributed by atoms with Gasteiger partial charge >= 0.3 is 0 Å². The fourth-order valence-electron chi connectivity index (χ4n) is 13.1. The van der Waals surface area contributed by atoms with Crippen LogP contribution in [0.4, 0.5) is 4.39 Å². The Labute approximate surface area is 614 Å². The molecule has 18 aromatic carbocycles. The van der Waals surface area contributed by atoms with E-state index in [-0.39, 0.29) is 5.82 Å². The molecule has 0 unspecified atom stereocenters. The quantitative estimate of drug-likeness (QED) is 0.119. The number of benzene rings is 18. The Morgan fingerprint density at radius 1 is 0.154 bits per heavy atom. The van der Waals surface area contributed by atoms with E-state index in [4.69, 9.17) is 0 Å². The van der Waals surface area contributed by atoms with Crippen molar-refractivity contribution >= 4 is 64.6 Å². The van der Waals surface area contributed by atoms with Gasteiger partial charge in [0.1, 0.15) is 5.82 Å². The van der Waals surface area contributed by atoms with Gasteiger partial charge in [0.2, 0.25) is 0 Å². The first-order chi connectivity index (χ1) is 50.9. The second kappa shape index (κ2) is 35.2. The second-order valence-electron chi connectivity index (χ2n) is 26.6. The van der Waals surface area contributed by atoms with E-state index in [0.717, 1.165) is 11.1 Å². The fourth-order valence-corrected chi connectivity index (χ4v) is 13.1.